The molecule has 0 amide bonds. The summed E-state index contributed by atoms with van der Waals surface area (Å²) in [5.74, 6) is 0.174. The highest BCUT2D eigenvalue weighted by Gasteiger charge is 2.17. The van der Waals surface area contributed by atoms with Gasteiger partial charge in [-0.3, -0.25) is 4.79 Å². The summed E-state index contributed by atoms with van der Waals surface area (Å²) in [5, 5.41) is 3.83. The molecule has 0 bridgehead atoms. The zero-order valence-electron chi connectivity index (χ0n) is 9.13. The Labute approximate surface area is 88.7 Å². The van der Waals surface area contributed by atoms with Gasteiger partial charge in [-0.15, -0.1) is 5.10 Å². The first-order valence-electron chi connectivity index (χ1n) is 4.72. The Kier molecular flexibility index (Phi) is 3.37. The number of hydrogen-bond acceptors (Lipinski definition) is 4. The largest absolute Gasteiger partial charge is 0.293 e. The maximum atomic E-state index is 11.7. The van der Waals surface area contributed by atoms with E-state index in [9.17, 15) is 4.79 Å². The monoisotopic (exact) mass is 212 g/mol. The van der Waals surface area contributed by atoms with E-state index < -0.39 is 0 Å². The molecule has 1 heterocycles. The summed E-state index contributed by atoms with van der Waals surface area (Å²) in [5.41, 5.74) is 0.968. The quantitative estimate of drug-likeness (QED) is 0.723. The van der Waals surface area contributed by atoms with Crippen molar-refractivity contribution in [1.29, 1.82) is 0 Å². The number of aromatic nitrogens is 2. The molecule has 1 rings (SSSR count). The lowest BCUT2D eigenvalue weighted by atomic mass is 9.89. The number of carbonyl (C=O) groups excluding carboxylic acids is 1. The summed E-state index contributed by atoms with van der Waals surface area (Å²) in [6.07, 6.45) is 1.50. The van der Waals surface area contributed by atoms with Crippen molar-refractivity contribution in [3.8, 4) is 0 Å². The van der Waals surface area contributed by atoms with Crippen molar-refractivity contribution < 1.29 is 4.79 Å². The fourth-order valence-corrected chi connectivity index (χ4v) is 1.71. The van der Waals surface area contributed by atoms with Crippen LogP contribution in [0.2, 0.25) is 0 Å². The lowest BCUT2D eigenvalue weighted by molar-refractivity contribution is 0.0969. The first kappa shape index (κ1) is 11.3. The van der Waals surface area contributed by atoms with Crippen molar-refractivity contribution in [2.24, 2.45) is 5.41 Å². The summed E-state index contributed by atoms with van der Waals surface area (Å²) in [7, 11) is 0. The van der Waals surface area contributed by atoms with Crippen molar-refractivity contribution in [2.45, 2.75) is 40.5 Å². The molecule has 4 heteroatoms. The Bertz CT molecular complexity index is 325. The molecule has 3 nitrogen and oxygen atoms in total. The van der Waals surface area contributed by atoms with Crippen LogP contribution in [0.25, 0.3) is 0 Å². The molecule has 0 spiro atoms. The number of hydrogen-bond donors (Lipinski definition) is 0. The number of carbonyl (C=O) groups is 1. The van der Waals surface area contributed by atoms with E-state index in [4.69, 9.17) is 0 Å². The van der Waals surface area contributed by atoms with Gasteiger partial charge in [0.25, 0.3) is 0 Å². The second-order valence-electron chi connectivity index (χ2n) is 4.67. The van der Waals surface area contributed by atoms with E-state index in [0.29, 0.717) is 11.3 Å². The van der Waals surface area contributed by atoms with Gasteiger partial charge in [0, 0.05) is 6.42 Å². The van der Waals surface area contributed by atoms with Crippen LogP contribution in [0.1, 0.15) is 49.0 Å². The first-order valence-corrected chi connectivity index (χ1v) is 5.49. The van der Waals surface area contributed by atoms with Gasteiger partial charge < -0.3 is 0 Å². The number of aryl methyl sites for hydroxylation is 1. The van der Waals surface area contributed by atoms with Gasteiger partial charge in [0.1, 0.15) is 4.88 Å². The third-order valence-electron chi connectivity index (χ3n) is 2.01. The number of Topliss-reactive ketones (excluding diaryl/α,β-unsaturated/α-hetero) is 1. The van der Waals surface area contributed by atoms with Crippen LogP contribution in [0, 0.1) is 12.3 Å². The van der Waals surface area contributed by atoms with Gasteiger partial charge in [0.2, 0.25) is 0 Å². The lowest BCUT2D eigenvalue weighted by Gasteiger charge is -2.16. The molecule has 14 heavy (non-hydrogen) atoms. The summed E-state index contributed by atoms with van der Waals surface area (Å²) < 4.78 is 3.76. The number of ketones is 1. The average molecular weight is 212 g/mol. The molecule has 0 saturated heterocycles. The molecule has 0 radical (unpaired) electrons. The molecule has 78 valence electrons. The summed E-state index contributed by atoms with van der Waals surface area (Å²) in [6, 6.07) is 0. The Balaban J connectivity index is 2.56. The van der Waals surface area contributed by atoms with Crippen molar-refractivity contribution >= 4 is 17.3 Å². The second kappa shape index (κ2) is 4.17. The minimum absolute atomic E-state index is 0.174. The second-order valence-corrected chi connectivity index (χ2v) is 5.43. The minimum Gasteiger partial charge on any atom is -0.293 e. The molecule has 0 unspecified atom stereocenters. The van der Waals surface area contributed by atoms with Gasteiger partial charge >= 0.3 is 0 Å². The SMILES string of the molecule is Cc1nnsc1C(=O)CCC(C)(C)C. The molecule has 0 N–H and O–H groups in total. The van der Waals surface area contributed by atoms with E-state index in [1.165, 1.54) is 11.5 Å². The van der Waals surface area contributed by atoms with E-state index >= 15 is 0 Å². The zero-order valence-corrected chi connectivity index (χ0v) is 9.94. The molecule has 0 aliphatic carbocycles. The average Bonchev–Trinajstić information content (AvgIpc) is 2.46. The maximum absolute atomic E-state index is 11.7. The van der Waals surface area contributed by atoms with Crippen LogP contribution in [0.3, 0.4) is 0 Å². The molecule has 1 aromatic heterocycles. The van der Waals surface area contributed by atoms with E-state index in [1.807, 2.05) is 6.92 Å². The Hall–Kier alpha value is -0.770. The van der Waals surface area contributed by atoms with E-state index in [-0.39, 0.29) is 11.2 Å². The molecule has 0 aliphatic heterocycles. The molecule has 0 saturated carbocycles. The number of rotatable bonds is 3. The van der Waals surface area contributed by atoms with E-state index in [0.717, 1.165) is 12.1 Å². The van der Waals surface area contributed by atoms with Gasteiger partial charge in [-0.2, -0.15) is 0 Å². The fraction of sp³-hybridized carbons (Fsp3) is 0.700. The van der Waals surface area contributed by atoms with Crippen LogP contribution in [0.15, 0.2) is 0 Å². The minimum atomic E-state index is 0.174. The molecule has 0 aliphatic rings. The highest BCUT2D eigenvalue weighted by molar-refractivity contribution is 7.08. The summed E-state index contributed by atoms with van der Waals surface area (Å²) in [6.45, 7) is 8.24. The van der Waals surface area contributed by atoms with Crippen molar-refractivity contribution in [1.82, 2.24) is 9.59 Å². The van der Waals surface area contributed by atoms with Gasteiger partial charge in [-0.25, -0.2) is 0 Å². The molecule has 0 fully saturated rings. The predicted octanol–water partition coefficient (Wildman–Crippen LogP) is 2.86. The third kappa shape index (κ3) is 3.18. The van der Waals surface area contributed by atoms with Gasteiger partial charge in [0.15, 0.2) is 5.78 Å². The fourth-order valence-electron chi connectivity index (χ4n) is 1.09. The topological polar surface area (TPSA) is 42.9 Å². The molecule has 0 atom stereocenters. The first-order chi connectivity index (χ1) is 6.40. The van der Waals surface area contributed by atoms with Crippen molar-refractivity contribution in [3.63, 3.8) is 0 Å². The molecule has 1 aromatic rings. The zero-order chi connectivity index (χ0) is 10.8. The Morgan fingerprint density at radius 2 is 2.07 bits per heavy atom. The van der Waals surface area contributed by atoms with Crippen LogP contribution in [0.4, 0.5) is 0 Å². The van der Waals surface area contributed by atoms with Crippen LogP contribution in [-0.2, 0) is 0 Å². The van der Waals surface area contributed by atoms with Crippen molar-refractivity contribution in [2.75, 3.05) is 0 Å². The standard InChI is InChI=1S/C10H16N2OS/c1-7-9(14-12-11-7)8(13)5-6-10(2,3)4/h5-6H2,1-4H3. The maximum Gasteiger partial charge on any atom is 0.176 e. The molecular weight excluding hydrogens is 196 g/mol. The highest BCUT2D eigenvalue weighted by atomic mass is 32.1. The van der Waals surface area contributed by atoms with E-state index in [2.05, 4.69) is 30.4 Å². The smallest absolute Gasteiger partial charge is 0.176 e. The normalized spacial score (nSPS) is 11.7. The van der Waals surface area contributed by atoms with Crippen LogP contribution < -0.4 is 0 Å². The van der Waals surface area contributed by atoms with Crippen LogP contribution >= 0.6 is 11.5 Å². The predicted molar refractivity (Wildman–Crippen MR) is 57.7 cm³/mol. The number of nitrogens with zero attached hydrogens (tertiary/aromatic N) is 2. The van der Waals surface area contributed by atoms with E-state index in [1.54, 1.807) is 0 Å². The van der Waals surface area contributed by atoms with Crippen LogP contribution in [-0.4, -0.2) is 15.4 Å². The highest BCUT2D eigenvalue weighted by Crippen LogP contribution is 2.23. The van der Waals surface area contributed by atoms with Gasteiger partial charge in [-0.1, -0.05) is 25.3 Å². The van der Waals surface area contributed by atoms with Gasteiger partial charge in [0.05, 0.1) is 5.69 Å². The summed E-state index contributed by atoms with van der Waals surface area (Å²) >= 11 is 1.20. The third-order valence-corrected chi connectivity index (χ3v) is 2.88. The summed E-state index contributed by atoms with van der Waals surface area (Å²) in [4.78, 5) is 12.4. The van der Waals surface area contributed by atoms with Gasteiger partial charge in [-0.05, 0) is 30.3 Å². The lowest BCUT2D eigenvalue weighted by Crippen LogP contribution is -2.09. The van der Waals surface area contributed by atoms with Crippen LogP contribution in [0.5, 0.6) is 0 Å². The molecular formula is C10H16N2OS. The van der Waals surface area contributed by atoms with Crippen molar-refractivity contribution in [3.05, 3.63) is 10.6 Å². The Morgan fingerprint density at radius 3 is 2.50 bits per heavy atom. The Morgan fingerprint density at radius 1 is 1.43 bits per heavy atom. The molecule has 0 aromatic carbocycles.